The van der Waals surface area contributed by atoms with Crippen LogP contribution in [0.3, 0.4) is 0 Å². The molecule has 4 aliphatic rings. The number of hydrogen-bond donors (Lipinski definition) is 1. The van der Waals surface area contributed by atoms with Crippen LogP contribution in [0, 0.1) is 34.5 Å². The van der Waals surface area contributed by atoms with Gasteiger partial charge in [0, 0.05) is 6.42 Å². The third kappa shape index (κ3) is 2.81. The van der Waals surface area contributed by atoms with Gasteiger partial charge in [0.25, 0.3) is 0 Å². The maximum Gasteiger partial charge on any atom is 0.107 e. The summed E-state index contributed by atoms with van der Waals surface area (Å²) >= 11 is 0. The number of hydrogen-bond acceptors (Lipinski definition) is 3. The third-order valence-electron chi connectivity index (χ3n) is 9.12. The molecular weight excluding hydrogens is 322 g/mol. The van der Waals surface area contributed by atoms with Crippen LogP contribution in [-0.2, 0) is 4.74 Å². The first kappa shape index (κ1) is 19.0. The first-order valence-electron chi connectivity index (χ1n) is 10.9. The van der Waals surface area contributed by atoms with Gasteiger partial charge in [-0.05, 0) is 94.0 Å². The zero-order chi connectivity index (χ0) is 18.7. The van der Waals surface area contributed by atoms with Crippen molar-refractivity contribution >= 4 is 0 Å². The molecule has 0 heterocycles. The van der Waals surface area contributed by atoms with E-state index >= 15 is 0 Å². The van der Waals surface area contributed by atoms with E-state index in [4.69, 9.17) is 4.74 Å². The summed E-state index contributed by atoms with van der Waals surface area (Å²) in [6.45, 7) is 7.18. The lowest BCUT2D eigenvalue weighted by Gasteiger charge is -2.62. The quantitative estimate of drug-likeness (QED) is 0.595. The van der Waals surface area contributed by atoms with Crippen molar-refractivity contribution in [3.8, 4) is 0 Å². The summed E-state index contributed by atoms with van der Waals surface area (Å²) in [6.07, 6.45) is 13.4. The molecule has 3 nitrogen and oxygen atoms in total. The Morgan fingerprint density at radius 2 is 1.88 bits per heavy atom. The molecule has 0 bridgehead atoms. The van der Waals surface area contributed by atoms with Crippen LogP contribution in [0.4, 0.5) is 0 Å². The van der Waals surface area contributed by atoms with Gasteiger partial charge >= 0.3 is 0 Å². The van der Waals surface area contributed by atoms with Crippen molar-refractivity contribution in [2.75, 3.05) is 14.1 Å². The highest BCUT2D eigenvalue weighted by Crippen LogP contribution is 2.65. The number of ether oxygens (including phenoxy) is 1. The lowest BCUT2D eigenvalue weighted by Crippen LogP contribution is -2.60. The Kier molecular flexibility index (Phi) is 4.81. The van der Waals surface area contributed by atoms with E-state index in [1.54, 1.807) is 0 Å². The van der Waals surface area contributed by atoms with Gasteiger partial charge in [-0.1, -0.05) is 26.0 Å². The molecule has 0 saturated heterocycles. The van der Waals surface area contributed by atoms with E-state index in [1.807, 2.05) is 0 Å². The topological polar surface area (TPSA) is 32.7 Å². The van der Waals surface area contributed by atoms with Crippen molar-refractivity contribution in [1.29, 1.82) is 0 Å². The van der Waals surface area contributed by atoms with Crippen LogP contribution < -0.4 is 0 Å². The number of aliphatic hydroxyl groups is 1. The van der Waals surface area contributed by atoms with E-state index in [9.17, 15) is 5.11 Å². The smallest absolute Gasteiger partial charge is 0.107 e. The van der Waals surface area contributed by atoms with Crippen LogP contribution in [-0.4, -0.2) is 42.5 Å². The molecule has 0 aliphatic heterocycles. The fourth-order valence-electron chi connectivity index (χ4n) is 7.31. The summed E-state index contributed by atoms with van der Waals surface area (Å²) in [5.74, 6) is 3.04. The van der Waals surface area contributed by atoms with Crippen LogP contribution in [0.15, 0.2) is 12.2 Å². The molecule has 0 aromatic carbocycles. The molecule has 4 rings (SSSR count). The first-order chi connectivity index (χ1) is 12.3. The molecule has 3 fully saturated rings. The summed E-state index contributed by atoms with van der Waals surface area (Å²) in [6, 6.07) is 0. The maximum absolute atomic E-state index is 10.6. The van der Waals surface area contributed by atoms with Gasteiger partial charge in [0.15, 0.2) is 0 Å². The van der Waals surface area contributed by atoms with Gasteiger partial charge in [-0.3, -0.25) is 4.90 Å². The van der Waals surface area contributed by atoms with Crippen LogP contribution in [0.25, 0.3) is 0 Å². The second-order valence-electron chi connectivity index (χ2n) is 10.5. The molecule has 0 radical (unpaired) electrons. The van der Waals surface area contributed by atoms with Crippen molar-refractivity contribution in [3.63, 3.8) is 0 Å². The van der Waals surface area contributed by atoms with E-state index in [0.29, 0.717) is 11.3 Å². The minimum absolute atomic E-state index is 0.102. The Morgan fingerprint density at radius 3 is 2.62 bits per heavy atom. The molecule has 0 aromatic rings. The molecule has 0 amide bonds. The number of rotatable bonds is 3. The lowest BCUT2D eigenvalue weighted by atomic mass is 9.44. The molecule has 9 atom stereocenters. The minimum atomic E-state index is -0.189. The van der Waals surface area contributed by atoms with E-state index in [-0.39, 0.29) is 23.9 Å². The van der Waals surface area contributed by atoms with Crippen molar-refractivity contribution in [1.82, 2.24) is 4.90 Å². The Hall–Kier alpha value is -0.380. The fraction of sp³-hybridized carbons (Fsp3) is 0.913. The van der Waals surface area contributed by atoms with Crippen LogP contribution in [0.5, 0.6) is 0 Å². The van der Waals surface area contributed by atoms with Crippen LogP contribution in [0.1, 0.15) is 65.7 Å². The molecule has 0 aromatic heterocycles. The summed E-state index contributed by atoms with van der Waals surface area (Å²) < 4.78 is 6.63. The molecular formula is C23H39NO2. The van der Waals surface area contributed by atoms with Gasteiger partial charge < -0.3 is 9.84 Å². The Balaban J connectivity index is 1.63. The molecule has 0 spiro atoms. The van der Waals surface area contributed by atoms with Crippen LogP contribution >= 0.6 is 0 Å². The number of fused-ring (bicyclic) bond motifs is 5. The largest absolute Gasteiger partial charge is 0.393 e. The molecule has 2 unspecified atom stereocenters. The average molecular weight is 362 g/mol. The monoisotopic (exact) mass is 361 g/mol. The van der Waals surface area contributed by atoms with Gasteiger partial charge in [0.1, 0.15) is 6.23 Å². The summed E-state index contributed by atoms with van der Waals surface area (Å²) in [7, 11) is 4.17. The van der Waals surface area contributed by atoms with E-state index in [2.05, 4.69) is 51.9 Å². The predicted octanol–water partition coefficient (Wildman–Crippen LogP) is 4.46. The van der Waals surface area contributed by atoms with Gasteiger partial charge in [-0.25, -0.2) is 0 Å². The zero-order valence-electron chi connectivity index (χ0n) is 17.4. The van der Waals surface area contributed by atoms with Crippen LogP contribution in [0.2, 0.25) is 0 Å². The lowest BCUT2D eigenvalue weighted by molar-refractivity contribution is -0.219. The fourth-order valence-corrected chi connectivity index (χ4v) is 7.31. The second-order valence-corrected chi connectivity index (χ2v) is 10.5. The van der Waals surface area contributed by atoms with E-state index < -0.39 is 0 Å². The summed E-state index contributed by atoms with van der Waals surface area (Å²) in [4.78, 5) is 2.15. The van der Waals surface area contributed by atoms with Gasteiger partial charge in [0.05, 0.1) is 12.2 Å². The molecule has 3 saturated carbocycles. The Labute approximate surface area is 160 Å². The van der Waals surface area contributed by atoms with Crippen molar-refractivity contribution in [3.05, 3.63) is 12.2 Å². The normalized spacial score (nSPS) is 51.7. The molecule has 4 aliphatic carbocycles. The Morgan fingerprint density at radius 1 is 1.12 bits per heavy atom. The minimum Gasteiger partial charge on any atom is -0.393 e. The zero-order valence-corrected chi connectivity index (χ0v) is 17.4. The number of nitrogens with zero attached hydrogens (tertiary/aromatic N) is 1. The SMILES string of the molecule is CC(OC1C[C@@H](O)C[C@@H]2CC[C@@H]3[C@H](CC[C@]4(C)C=CC[C@@H]34)[C@@]12C)N(C)C. The second kappa shape index (κ2) is 6.60. The predicted molar refractivity (Wildman–Crippen MR) is 106 cm³/mol. The molecule has 3 heteroatoms. The molecule has 1 N–H and O–H groups in total. The van der Waals surface area contributed by atoms with Gasteiger partial charge in [-0.15, -0.1) is 0 Å². The van der Waals surface area contributed by atoms with Gasteiger partial charge in [0.2, 0.25) is 0 Å². The maximum atomic E-state index is 10.6. The van der Waals surface area contributed by atoms with E-state index in [1.165, 1.54) is 32.1 Å². The summed E-state index contributed by atoms with van der Waals surface area (Å²) in [5, 5.41) is 10.6. The molecule has 148 valence electrons. The third-order valence-corrected chi connectivity index (χ3v) is 9.12. The first-order valence-corrected chi connectivity index (χ1v) is 10.9. The summed E-state index contributed by atoms with van der Waals surface area (Å²) in [5.41, 5.74) is 0.655. The standard InChI is InChI=1S/C23H39NO2/c1-15(24(4)5)26-21-14-17(25)13-16-8-9-18-19-7-6-11-22(19,2)12-10-20(18)23(16,21)3/h6,11,15-21,25H,7-10,12-14H2,1-5H3/t15?,16-,17-,18-,19-,20-,21?,22-,23-/m0/s1. The van der Waals surface area contributed by atoms with Crippen molar-refractivity contribution in [2.45, 2.75) is 84.2 Å². The highest BCUT2D eigenvalue weighted by Gasteiger charge is 2.60. The number of aliphatic hydroxyl groups excluding tert-OH is 1. The van der Waals surface area contributed by atoms with Crippen molar-refractivity contribution < 1.29 is 9.84 Å². The highest BCUT2D eigenvalue weighted by molar-refractivity contribution is 5.17. The van der Waals surface area contributed by atoms with Gasteiger partial charge in [-0.2, -0.15) is 0 Å². The van der Waals surface area contributed by atoms with E-state index in [0.717, 1.165) is 30.6 Å². The molecule has 26 heavy (non-hydrogen) atoms. The number of allylic oxidation sites excluding steroid dienone is 2. The Bertz CT molecular complexity index is 560. The highest BCUT2D eigenvalue weighted by atomic mass is 16.5. The van der Waals surface area contributed by atoms with Crippen molar-refractivity contribution in [2.24, 2.45) is 34.5 Å². The average Bonchev–Trinajstić information content (AvgIpc) is 2.97.